The number of amides is 1. The van der Waals surface area contributed by atoms with Crippen molar-refractivity contribution in [3.05, 3.63) is 75.8 Å². The SMILES string of the molecule is CCCN(C(=O)c1coc(=O)c2ccccc12)c1cccc(Cl)c1. The highest BCUT2D eigenvalue weighted by Gasteiger charge is 2.21. The third-order valence-corrected chi connectivity index (χ3v) is 4.00. The molecule has 0 atom stereocenters. The molecule has 0 fully saturated rings. The third kappa shape index (κ3) is 3.05. The molecule has 2 aromatic carbocycles. The summed E-state index contributed by atoms with van der Waals surface area (Å²) in [6, 6.07) is 14.1. The Balaban J connectivity index is 2.12. The number of halogens is 1. The van der Waals surface area contributed by atoms with E-state index in [-0.39, 0.29) is 5.91 Å². The van der Waals surface area contributed by atoms with Crippen molar-refractivity contribution in [1.82, 2.24) is 0 Å². The highest BCUT2D eigenvalue weighted by Crippen LogP contribution is 2.24. The van der Waals surface area contributed by atoms with Gasteiger partial charge < -0.3 is 9.32 Å². The van der Waals surface area contributed by atoms with Crippen LogP contribution >= 0.6 is 11.6 Å². The second-order valence-electron chi connectivity index (χ2n) is 5.42. The molecule has 3 aromatic rings. The standard InChI is InChI=1S/C19H16ClNO3/c1-2-10-21(14-7-5-6-13(20)11-14)18(22)17-12-24-19(23)16-9-4-3-8-15(16)17/h3-9,11-12H,2,10H2,1H3. The van der Waals surface area contributed by atoms with Gasteiger partial charge in [0.25, 0.3) is 5.91 Å². The molecule has 0 N–H and O–H groups in total. The average Bonchev–Trinajstić information content (AvgIpc) is 2.60. The van der Waals surface area contributed by atoms with Gasteiger partial charge in [-0.3, -0.25) is 4.79 Å². The summed E-state index contributed by atoms with van der Waals surface area (Å²) in [5, 5.41) is 1.54. The van der Waals surface area contributed by atoms with Crippen LogP contribution in [0.2, 0.25) is 5.02 Å². The van der Waals surface area contributed by atoms with Crippen LogP contribution < -0.4 is 10.5 Å². The molecule has 5 heteroatoms. The highest BCUT2D eigenvalue weighted by atomic mass is 35.5. The van der Waals surface area contributed by atoms with Crippen LogP contribution in [0.5, 0.6) is 0 Å². The topological polar surface area (TPSA) is 50.5 Å². The fourth-order valence-electron chi connectivity index (χ4n) is 2.66. The van der Waals surface area contributed by atoms with Gasteiger partial charge >= 0.3 is 5.63 Å². The Hall–Kier alpha value is -2.59. The molecule has 24 heavy (non-hydrogen) atoms. The highest BCUT2D eigenvalue weighted by molar-refractivity contribution is 6.31. The summed E-state index contributed by atoms with van der Waals surface area (Å²) in [5.41, 5.74) is 0.621. The van der Waals surface area contributed by atoms with Crippen molar-refractivity contribution in [1.29, 1.82) is 0 Å². The lowest BCUT2D eigenvalue weighted by atomic mass is 10.1. The first-order chi connectivity index (χ1) is 11.6. The molecule has 0 aliphatic heterocycles. The maximum Gasteiger partial charge on any atom is 0.343 e. The van der Waals surface area contributed by atoms with Crippen LogP contribution in [0.25, 0.3) is 10.8 Å². The minimum absolute atomic E-state index is 0.223. The second kappa shape index (κ2) is 6.89. The molecule has 0 saturated heterocycles. The predicted octanol–water partition coefficient (Wildman–Crippen LogP) is 4.50. The van der Waals surface area contributed by atoms with Crippen LogP contribution in [0.4, 0.5) is 5.69 Å². The molecule has 1 heterocycles. The Bertz CT molecular complexity index is 948. The molecule has 0 unspecified atom stereocenters. The molecule has 0 aliphatic rings. The molecule has 1 aromatic heterocycles. The molecule has 1 amide bonds. The Kier molecular flexibility index (Phi) is 4.67. The van der Waals surface area contributed by atoms with Crippen molar-refractivity contribution >= 4 is 34.0 Å². The van der Waals surface area contributed by atoms with Gasteiger partial charge in [-0.15, -0.1) is 0 Å². The fourth-order valence-corrected chi connectivity index (χ4v) is 2.85. The van der Waals surface area contributed by atoms with Crippen LogP contribution in [0.1, 0.15) is 23.7 Å². The zero-order valence-corrected chi connectivity index (χ0v) is 13.9. The number of hydrogen-bond acceptors (Lipinski definition) is 3. The smallest absolute Gasteiger partial charge is 0.343 e. The molecule has 122 valence electrons. The number of anilines is 1. The zero-order valence-electron chi connectivity index (χ0n) is 13.2. The van der Waals surface area contributed by atoms with Crippen molar-refractivity contribution in [2.75, 3.05) is 11.4 Å². The number of benzene rings is 2. The van der Waals surface area contributed by atoms with Crippen LogP contribution in [0.15, 0.2) is 64.0 Å². The molecule has 0 saturated carbocycles. The molecular formula is C19H16ClNO3. The van der Waals surface area contributed by atoms with Gasteiger partial charge in [-0.05, 0) is 30.7 Å². The molecule has 0 radical (unpaired) electrons. The van der Waals surface area contributed by atoms with Gasteiger partial charge in [-0.1, -0.05) is 42.8 Å². The lowest BCUT2D eigenvalue weighted by Crippen LogP contribution is -2.32. The molecular weight excluding hydrogens is 326 g/mol. The lowest BCUT2D eigenvalue weighted by molar-refractivity contribution is 0.0986. The van der Waals surface area contributed by atoms with E-state index in [1.165, 1.54) is 6.26 Å². The first-order valence-corrected chi connectivity index (χ1v) is 8.07. The molecule has 3 rings (SSSR count). The summed E-state index contributed by atoms with van der Waals surface area (Å²) in [4.78, 5) is 26.6. The van der Waals surface area contributed by atoms with Crippen molar-refractivity contribution in [2.45, 2.75) is 13.3 Å². The van der Waals surface area contributed by atoms with E-state index >= 15 is 0 Å². The van der Waals surface area contributed by atoms with Crippen LogP contribution in [-0.2, 0) is 0 Å². The Morgan fingerprint density at radius 2 is 1.88 bits per heavy atom. The van der Waals surface area contributed by atoms with Gasteiger partial charge in [-0.25, -0.2) is 4.79 Å². The normalized spacial score (nSPS) is 10.8. The quantitative estimate of drug-likeness (QED) is 0.701. The maximum absolute atomic E-state index is 13.1. The zero-order chi connectivity index (χ0) is 17.1. The fraction of sp³-hybridized carbons (Fsp3) is 0.158. The molecule has 4 nitrogen and oxygen atoms in total. The van der Waals surface area contributed by atoms with Gasteiger partial charge in [-0.2, -0.15) is 0 Å². The van der Waals surface area contributed by atoms with Gasteiger partial charge in [0.15, 0.2) is 0 Å². The minimum atomic E-state index is -0.452. The summed E-state index contributed by atoms with van der Waals surface area (Å²) in [5.74, 6) is -0.223. The first-order valence-electron chi connectivity index (χ1n) is 7.69. The summed E-state index contributed by atoms with van der Waals surface area (Å²) >= 11 is 6.06. The molecule has 0 spiro atoms. The number of hydrogen-bond donors (Lipinski definition) is 0. The van der Waals surface area contributed by atoms with Crippen molar-refractivity contribution in [2.24, 2.45) is 0 Å². The molecule has 0 bridgehead atoms. The van der Waals surface area contributed by atoms with E-state index < -0.39 is 5.63 Å². The van der Waals surface area contributed by atoms with E-state index in [2.05, 4.69) is 0 Å². The lowest BCUT2D eigenvalue weighted by Gasteiger charge is -2.23. The first kappa shape index (κ1) is 16.3. The second-order valence-corrected chi connectivity index (χ2v) is 5.86. The maximum atomic E-state index is 13.1. The van der Waals surface area contributed by atoms with E-state index in [1.54, 1.807) is 47.4 Å². The largest absolute Gasteiger partial charge is 0.430 e. The summed E-state index contributed by atoms with van der Waals surface area (Å²) < 4.78 is 5.05. The van der Waals surface area contributed by atoms with Crippen molar-refractivity contribution < 1.29 is 9.21 Å². The number of nitrogens with zero attached hydrogens (tertiary/aromatic N) is 1. The summed E-state index contributed by atoms with van der Waals surface area (Å²) in [6.45, 7) is 2.53. The average molecular weight is 342 g/mol. The van der Waals surface area contributed by atoms with E-state index in [0.717, 1.165) is 6.42 Å². The number of carbonyl (C=O) groups excluding carboxylic acids is 1. The monoisotopic (exact) mass is 341 g/mol. The Labute approximate surface area is 144 Å². The van der Waals surface area contributed by atoms with Crippen LogP contribution in [-0.4, -0.2) is 12.5 Å². The van der Waals surface area contributed by atoms with E-state index in [9.17, 15) is 9.59 Å². The number of fused-ring (bicyclic) bond motifs is 1. The van der Waals surface area contributed by atoms with E-state index in [1.807, 2.05) is 13.0 Å². The third-order valence-electron chi connectivity index (χ3n) is 3.76. The summed E-state index contributed by atoms with van der Waals surface area (Å²) in [6.07, 6.45) is 2.02. The Morgan fingerprint density at radius 3 is 2.58 bits per heavy atom. The van der Waals surface area contributed by atoms with Crippen LogP contribution in [0, 0.1) is 0 Å². The summed E-state index contributed by atoms with van der Waals surface area (Å²) in [7, 11) is 0. The van der Waals surface area contributed by atoms with Crippen molar-refractivity contribution in [3.8, 4) is 0 Å². The van der Waals surface area contributed by atoms with Gasteiger partial charge in [0.1, 0.15) is 6.26 Å². The van der Waals surface area contributed by atoms with Crippen molar-refractivity contribution in [3.63, 3.8) is 0 Å². The van der Waals surface area contributed by atoms with Gasteiger partial charge in [0.05, 0.1) is 10.9 Å². The number of carbonyl (C=O) groups is 1. The van der Waals surface area contributed by atoms with Crippen LogP contribution in [0.3, 0.4) is 0 Å². The Morgan fingerprint density at radius 1 is 1.12 bits per heavy atom. The van der Waals surface area contributed by atoms with E-state index in [0.29, 0.717) is 33.6 Å². The predicted molar refractivity (Wildman–Crippen MR) is 95.9 cm³/mol. The van der Waals surface area contributed by atoms with Gasteiger partial charge in [0.2, 0.25) is 0 Å². The van der Waals surface area contributed by atoms with Gasteiger partial charge in [0, 0.05) is 22.6 Å². The van der Waals surface area contributed by atoms with E-state index in [4.69, 9.17) is 16.0 Å². The number of rotatable bonds is 4. The minimum Gasteiger partial charge on any atom is -0.430 e. The molecule has 0 aliphatic carbocycles.